The number of benzene rings is 2. The number of carbonyl (C=O) groups excluding carboxylic acids is 6. The van der Waals surface area contributed by atoms with Gasteiger partial charge in [-0.25, -0.2) is 19.9 Å². The van der Waals surface area contributed by atoms with Crippen molar-refractivity contribution in [2.75, 3.05) is 17.3 Å². The summed E-state index contributed by atoms with van der Waals surface area (Å²) in [5.74, 6) is 0.169. The van der Waals surface area contributed by atoms with Gasteiger partial charge >= 0.3 is 0 Å². The number of ether oxygens (including phenoxy) is 6. The molecule has 15 unspecified atom stereocenters. The molecule has 12 aliphatic carbocycles. The molecule has 3 saturated heterocycles. The standard InChI is InChI=1S/C33H38N2O6S.C32H36N2O6S.C31H36N2O5S2/c1-4-7-27-40-26-15-22-20-11-10-18-14-19(36)12-13-31(18,2)28(20)24(37)16-32(22,3)33(26,41-27)25(38)17-42-30-34-23-9-6-5-8-21(23)29(39)35-30;1-29(2)39-25-14-21-19-10-9-17-13-18(35)11-12-30(17,3)26(19)23(36)15-31(21,4)32(25,40-29)24(37)16-41-28-33-22-8-6-5-7-20(22)27(38)34-28;1-4-6-25-37-24-14-20-19-9-8-17-13-18(34)10-11-29(17,2)26(19)22(35)15-30(20,3)31(24,38-25)23(36)16-39-28-33-21-7-5-12-32-27(21)40-28/h5-6,8-9,12-14,20,22,24,26-28,37H,4,7,10-11,15-17H2,1-3H3,(H,34,35,39);5-8,11-13,19,21,23,25-26,36H,9-10,14-16H2,1-4H3,(H,33,34,38);5,7,10-13,19-20,22,24-26,35H,4,6,8-9,14-16H2,1-3H3/t20?,22?,24-,26+,27+,28?,31?,32?,33+;19?,21?,23-,25+,26?,30?,31?,32+;19?,20?,22-,24+,25+,26?,29?,30?,31+/m000/s1. The Labute approximate surface area is 731 Å². The van der Waals surface area contributed by atoms with Crippen molar-refractivity contribution in [2.45, 2.75) is 258 Å². The van der Waals surface area contributed by atoms with Gasteiger partial charge in [-0.05, 0) is 212 Å². The highest BCUT2D eigenvalue weighted by Gasteiger charge is 2.80. The number of pyridine rings is 1. The molecule has 9 saturated carbocycles. The molecule has 5 N–H and O–H groups in total. The summed E-state index contributed by atoms with van der Waals surface area (Å²) in [6, 6.07) is 18.1. The first-order valence-electron chi connectivity index (χ1n) is 44.3. The molecule has 3 aliphatic heterocycles. The number of nitrogens with one attached hydrogen (secondary N) is 2. The molecule has 23 nitrogen and oxygen atoms in total. The summed E-state index contributed by atoms with van der Waals surface area (Å²) in [5, 5.41) is 37.4. The first-order chi connectivity index (χ1) is 58.7. The highest BCUT2D eigenvalue weighted by Crippen LogP contribution is 2.74. The second-order valence-electron chi connectivity index (χ2n) is 39.3. The Hall–Kier alpha value is -7.09. The number of rotatable bonds is 16. The van der Waals surface area contributed by atoms with Crippen LogP contribution in [0.15, 0.2) is 163 Å². The van der Waals surface area contributed by atoms with E-state index in [1.807, 2.05) is 56.3 Å². The lowest BCUT2D eigenvalue weighted by Gasteiger charge is -2.60. The summed E-state index contributed by atoms with van der Waals surface area (Å²) in [6.45, 7) is 20.7. The first-order valence-corrected chi connectivity index (χ1v) is 48.0. The summed E-state index contributed by atoms with van der Waals surface area (Å²) in [4.78, 5) is 130. The zero-order valence-electron chi connectivity index (χ0n) is 71.3. The zero-order chi connectivity index (χ0) is 86.3. The topological polar surface area (TPSA) is 336 Å². The van der Waals surface area contributed by atoms with Crippen molar-refractivity contribution in [3.05, 3.63) is 159 Å². The number of para-hydroxylation sites is 2. The first kappa shape index (κ1) is 85.4. The fourth-order valence-corrected chi connectivity index (χ4v) is 31.3. The van der Waals surface area contributed by atoms with Gasteiger partial charge in [0.15, 0.2) is 84.5 Å². The summed E-state index contributed by atoms with van der Waals surface area (Å²) in [6.07, 6.45) is 25.7. The number of aliphatic hydroxyl groups is 3. The number of hydrogen-bond acceptors (Lipinski definition) is 25. The second-order valence-corrected chi connectivity index (χ2v) is 43.4. The fraction of sp³-hybridized carbons (Fsp3) is 0.583. The van der Waals surface area contributed by atoms with Crippen LogP contribution in [-0.2, 0) is 57.2 Å². The van der Waals surface area contributed by atoms with E-state index in [1.165, 1.54) is 46.6 Å². The van der Waals surface area contributed by atoms with Crippen LogP contribution in [0.4, 0.5) is 0 Å². The minimum Gasteiger partial charge on any atom is -0.393 e. The van der Waals surface area contributed by atoms with Gasteiger partial charge in [0.1, 0.15) is 10.3 Å². The number of allylic oxidation sites excluding steroid dienone is 12. The van der Waals surface area contributed by atoms with E-state index < -0.39 is 87.4 Å². The Bertz CT molecular complexity index is 5670. The quantitative estimate of drug-likeness (QED) is 0.0444. The number of nitrogens with zero attached hydrogens (tertiary/aromatic N) is 4. The normalized spacial score (nSPS) is 40.8. The fourth-order valence-electron chi connectivity index (χ4n) is 27.7. The van der Waals surface area contributed by atoms with Crippen molar-refractivity contribution in [3.8, 4) is 0 Å². The lowest BCUT2D eigenvalue weighted by Crippen LogP contribution is -2.63. The summed E-state index contributed by atoms with van der Waals surface area (Å²) in [5.41, 5.74) is -1.63. The summed E-state index contributed by atoms with van der Waals surface area (Å²) >= 11 is 5.37. The van der Waals surface area contributed by atoms with Gasteiger partial charge in [-0.2, -0.15) is 0 Å². The van der Waals surface area contributed by atoms with Crippen LogP contribution in [0.2, 0.25) is 0 Å². The molecule has 12 fully saturated rings. The smallest absolute Gasteiger partial charge is 0.259 e. The Morgan fingerprint density at radius 3 is 1.30 bits per heavy atom. The van der Waals surface area contributed by atoms with Gasteiger partial charge in [-0.15, -0.1) is 0 Å². The predicted molar refractivity (Wildman–Crippen MR) is 467 cm³/mol. The highest BCUT2D eigenvalue weighted by atomic mass is 32.2. The number of hydrogen-bond donors (Lipinski definition) is 5. The molecule has 26 atom stereocenters. The van der Waals surface area contributed by atoms with Gasteiger partial charge < -0.3 is 53.7 Å². The highest BCUT2D eigenvalue weighted by molar-refractivity contribution is 8.01. The maximum Gasteiger partial charge on any atom is 0.259 e. The third kappa shape index (κ3) is 13.2. The SMILES string of the molecule is CC1(C)O[C@@H]2CC3C4CCC5=CC(=O)C=CC5(C)C4[C@@H](O)CC3(C)[C@]2(C(=O)CSc2nc3ccccc3c(=O)[nH]2)O1.CCC[C@@H]1O[C@@H]2CC3C4CCC5=CC(=O)C=CC5(C)C4[C@@H](O)CC3(C)[C@]2(C(=O)CSc2nc3ccccc3c(=O)[nH]2)O1.CCC[C@@H]1O[C@@H]2CC3C4CCC5=CC(=O)C=CC5(C)C4[C@@H](O)CC3(C)[C@]2(C(=O)CSc2nc3cccnc3s2)O1. The molecule has 0 spiro atoms. The van der Waals surface area contributed by atoms with Crippen LogP contribution >= 0.6 is 46.6 Å². The lowest BCUT2D eigenvalue weighted by atomic mass is 9.46. The molecule has 0 bridgehead atoms. The van der Waals surface area contributed by atoms with E-state index in [1.54, 1.807) is 79.1 Å². The average molecular weight is 1750 g/mol. The molecular formula is C96H110N6O17S4. The second kappa shape index (κ2) is 31.1. The molecule has 0 radical (unpaired) electrons. The van der Waals surface area contributed by atoms with Gasteiger partial charge in [0.2, 0.25) is 0 Å². The molecule has 0 amide bonds. The number of H-pyrrole nitrogens is 2. The Balaban J connectivity index is 0.000000121. The van der Waals surface area contributed by atoms with E-state index in [4.69, 9.17) is 28.4 Å². The average Bonchev–Trinajstić information content (AvgIpc) is 1.49. The maximum atomic E-state index is 14.5. The Kier molecular flexibility index (Phi) is 21.6. The van der Waals surface area contributed by atoms with Crippen LogP contribution in [0, 0.1) is 85.8 Å². The molecule has 2 aromatic carbocycles. The van der Waals surface area contributed by atoms with E-state index >= 15 is 0 Å². The van der Waals surface area contributed by atoms with E-state index in [-0.39, 0.29) is 133 Å². The Morgan fingerprint density at radius 2 is 0.878 bits per heavy atom. The van der Waals surface area contributed by atoms with Crippen molar-refractivity contribution < 1.29 is 72.5 Å². The van der Waals surface area contributed by atoms with E-state index in [9.17, 15) is 53.7 Å². The molecule has 650 valence electrons. The number of aliphatic hydroxyl groups excluding tert-OH is 3. The number of aromatic nitrogens is 6. The van der Waals surface area contributed by atoms with Crippen LogP contribution in [0.1, 0.15) is 172 Å². The van der Waals surface area contributed by atoms with Crippen LogP contribution < -0.4 is 11.1 Å². The van der Waals surface area contributed by atoms with Crippen molar-refractivity contribution in [3.63, 3.8) is 0 Å². The largest absolute Gasteiger partial charge is 0.393 e. The maximum absolute atomic E-state index is 14.5. The van der Waals surface area contributed by atoms with Crippen molar-refractivity contribution in [2.24, 2.45) is 85.8 Å². The van der Waals surface area contributed by atoms with Gasteiger partial charge in [-0.3, -0.25) is 38.4 Å². The molecule has 4 aromatic heterocycles. The third-order valence-corrected chi connectivity index (χ3v) is 36.6. The van der Waals surface area contributed by atoms with Gasteiger partial charge in [0.25, 0.3) is 11.1 Å². The van der Waals surface area contributed by atoms with Crippen LogP contribution in [0.25, 0.3) is 32.2 Å². The molecular weight excluding hydrogens is 1640 g/mol. The molecule has 6 aromatic rings. The van der Waals surface area contributed by atoms with Gasteiger partial charge in [-0.1, -0.05) is 174 Å². The number of aromatic amines is 2. The monoisotopic (exact) mass is 1750 g/mol. The van der Waals surface area contributed by atoms with Crippen LogP contribution in [0.5, 0.6) is 0 Å². The Morgan fingerprint density at radius 1 is 0.488 bits per heavy atom. The molecule has 27 heteroatoms. The van der Waals surface area contributed by atoms with E-state index in [0.717, 1.165) is 95.6 Å². The minimum atomic E-state index is -1.23. The summed E-state index contributed by atoms with van der Waals surface area (Å²) in [7, 11) is 0. The van der Waals surface area contributed by atoms with E-state index in [0.29, 0.717) is 70.6 Å². The van der Waals surface area contributed by atoms with Crippen LogP contribution in [0.3, 0.4) is 0 Å². The molecule has 15 aliphatic rings. The van der Waals surface area contributed by atoms with Gasteiger partial charge in [0, 0.05) is 56.4 Å². The molecule has 123 heavy (non-hydrogen) atoms. The van der Waals surface area contributed by atoms with Crippen LogP contribution in [-0.4, -0.2) is 169 Å². The summed E-state index contributed by atoms with van der Waals surface area (Å²) < 4.78 is 40.6. The minimum absolute atomic E-state index is 0.00281. The number of ketones is 6. The number of carbonyl (C=O) groups is 6. The number of fused-ring (bicyclic) bond motifs is 24. The molecule has 7 heterocycles. The predicted octanol–water partition coefficient (Wildman–Crippen LogP) is 14.6. The van der Waals surface area contributed by atoms with Gasteiger partial charge in [0.05, 0.1) is 75.7 Å². The zero-order valence-corrected chi connectivity index (χ0v) is 74.5. The number of thiazole rings is 1. The van der Waals surface area contributed by atoms with Crippen molar-refractivity contribution in [1.82, 2.24) is 29.9 Å². The lowest BCUT2D eigenvalue weighted by molar-refractivity contribution is -0.223. The number of thioether (sulfide) groups is 3. The van der Waals surface area contributed by atoms with E-state index in [2.05, 4.69) is 85.3 Å². The van der Waals surface area contributed by atoms with Crippen molar-refractivity contribution >= 4 is 113 Å². The third-order valence-electron chi connectivity index (χ3n) is 32.7. The molecule has 21 rings (SSSR count). The number of Topliss-reactive ketones (excluding diaryl/α,β-unsaturated/α-hetero) is 3. The van der Waals surface area contributed by atoms with Crippen molar-refractivity contribution in [1.29, 1.82) is 0 Å².